The number of aliphatic hydroxyl groups is 2. The van der Waals surface area contributed by atoms with Crippen molar-refractivity contribution in [1.29, 1.82) is 0 Å². The normalized spacial score (nSPS) is 22.9. The first-order valence-electron chi connectivity index (χ1n) is 28.4. The van der Waals surface area contributed by atoms with Crippen LogP contribution in [-0.2, 0) is 25.6 Å². The lowest BCUT2D eigenvalue weighted by atomic mass is 9.55. The highest BCUT2D eigenvalue weighted by Crippen LogP contribution is 2.62. The van der Waals surface area contributed by atoms with E-state index in [1.807, 2.05) is 6.07 Å². The number of aliphatic hydroxyl groups excluding tert-OH is 2. The quantitative estimate of drug-likeness (QED) is 0.0316. The third kappa shape index (κ3) is 15.8. The molecule has 2 aliphatic heterocycles. The molecule has 1 saturated heterocycles. The second-order valence-corrected chi connectivity index (χ2v) is 20.8. The molecule has 7 unspecified atom stereocenters. The Morgan fingerprint density at radius 1 is 0.870 bits per heavy atom. The fourth-order valence-corrected chi connectivity index (χ4v) is 11.7. The predicted molar refractivity (Wildman–Crippen MR) is 294 cm³/mol. The Morgan fingerprint density at radius 2 is 1.60 bits per heavy atom. The van der Waals surface area contributed by atoms with Crippen LogP contribution < -0.4 is 24.3 Å². The Morgan fingerprint density at radius 3 is 2.29 bits per heavy atom. The number of anilines is 1. The lowest BCUT2D eigenvalue weighted by molar-refractivity contribution is -0.256. The number of halogens is 1. The molecule has 2 amide bonds. The molecule has 7 rings (SSSR count). The second-order valence-electron chi connectivity index (χ2n) is 20.8. The van der Waals surface area contributed by atoms with Gasteiger partial charge in [0.1, 0.15) is 34.9 Å². The molecule has 0 radical (unpaired) electrons. The number of oxime groups is 1. The van der Waals surface area contributed by atoms with Gasteiger partial charge in [0.25, 0.3) is 0 Å². The van der Waals surface area contributed by atoms with Gasteiger partial charge in [-0.05, 0) is 110 Å². The van der Waals surface area contributed by atoms with Gasteiger partial charge in [0, 0.05) is 50.1 Å². The SMILES string of the molecule is C=CCOC12Oc3ccc(OC(=O)Nc4ccc(OC)cc4OC)cc3C3C(CCCCO)C(CCCCO)C=C(C(=NOC4CCCCO4)CC1N(Cc1ccc(F)cc1)C(=O)OCCCCCCCCCCCC)C32. The first-order chi connectivity index (χ1) is 37.7. The third-order valence-electron chi connectivity index (χ3n) is 15.5. The van der Waals surface area contributed by atoms with Crippen molar-refractivity contribution >= 4 is 23.6 Å². The molecule has 3 aromatic carbocycles. The average Bonchev–Trinajstić information content (AvgIpc) is 3.52. The van der Waals surface area contributed by atoms with Crippen molar-refractivity contribution in [2.24, 2.45) is 22.9 Å². The van der Waals surface area contributed by atoms with Crippen LogP contribution in [0.4, 0.5) is 19.7 Å². The molecule has 0 aromatic heterocycles. The van der Waals surface area contributed by atoms with Crippen molar-refractivity contribution in [2.75, 3.05) is 52.6 Å². The number of ether oxygens (including phenoxy) is 7. The Hall–Kier alpha value is -5.68. The van der Waals surface area contributed by atoms with Crippen molar-refractivity contribution in [1.82, 2.24) is 4.90 Å². The van der Waals surface area contributed by atoms with E-state index in [-0.39, 0.29) is 57.0 Å². The summed E-state index contributed by atoms with van der Waals surface area (Å²) in [5, 5.41) is 28.0. The maximum absolute atomic E-state index is 15.1. The molecule has 16 heteroatoms. The van der Waals surface area contributed by atoms with Gasteiger partial charge in [-0.3, -0.25) is 10.2 Å². The summed E-state index contributed by atoms with van der Waals surface area (Å²) in [6, 6.07) is 15.5. The number of nitrogens with one attached hydrogen (secondary N) is 1. The van der Waals surface area contributed by atoms with Gasteiger partial charge in [-0.1, -0.05) is 107 Å². The van der Waals surface area contributed by atoms with Crippen molar-refractivity contribution in [3.05, 3.63) is 102 Å². The minimum absolute atomic E-state index is 0.0221. The molecular weight excluding hydrogens is 986 g/mol. The van der Waals surface area contributed by atoms with Crippen LogP contribution in [0.1, 0.15) is 152 Å². The fraction of sp³-hybridized carbons (Fsp3) is 0.590. The first-order valence-corrected chi connectivity index (χ1v) is 28.4. The average molecular weight is 1070 g/mol. The van der Waals surface area contributed by atoms with Gasteiger partial charge >= 0.3 is 12.2 Å². The van der Waals surface area contributed by atoms with Crippen molar-refractivity contribution in [3.63, 3.8) is 0 Å². The molecule has 422 valence electrons. The van der Waals surface area contributed by atoms with E-state index in [0.29, 0.717) is 79.3 Å². The second kappa shape index (κ2) is 30.5. The number of benzene rings is 3. The highest BCUT2D eigenvalue weighted by atomic mass is 19.1. The molecule has 0 bridgehead atoms. The van der Waals surface area contributed by atoms with E-state index >= 15 is 4.79 Å². The zero-order valence-corrected chi connectivity index (χ0v) is 45.7. The van der Waals surface area contributed by atoms with Crippen LogP contribution in [-0.4, -0.2) is 98.4 Å². The number of allylic oxidation sites excluding steroid dienone is 1. The van der Waals surface area contributed by atoms with Crippen LogP contribution in [0.25, 0.3) is 0 Å². The Balaban J connectivity index is 1.33. The largest absolute Gasteiger partial charge is 0.497 e. The Bertz CT molecular complexity index is 2390. The first kappa shape index (κ1) is 59.0. The lowest BCUT2D eigenvalue weighted by Crippen LogP contribution is -2.70. The summed E-state index contributed by atoms with van der Waals surface area (Å²) in [6.45, 7) is 7.19. The number of nitrogens with zero attached hydrogens (tertiary/aromatic N) is 2. The molecule has 7 atom stereocenters. The smallest absolute Gasteiger partial charge is 0.417 e. The third-order valence-corrected chi connectivity index (χ3v) is 15.5. The fourth-order valence-electron chi connectivity index (χ4n) is 11.7. The van der Waals surface area contributed by atoms with E-state index in [1.165, 1.54) is 57.8 Å². The predicted octanol–water partition coefficient (Wildman–Crippen LogP) is 13.2. The van der Waals surface area contributed by atoms with E-state index in [4.69, 9.17) is 43.2 Å². The lowest BCUT2D eigenvalue weighted by Gasteiger charge is -2.59. The Labute approximate surface area is 455 Å². The molecule has 4 aliphatic rings. The number of fused-ring (bicyclic) bond motifs is 2. The van der Waals surface area contributed by atoms with Crippen LogP contribution in [0.3, 0.4) is 0 Å². The minimum atomic E-state index is -1.61. The number of rotatable bonds is 31. The van der Waals surface area contributed by atoms with Gasteiger partial charge in [0.2, 0.25) is 12.1 Å². The van der Waals surface area contributed by atoms with Gasteiger partial charge in [-0.15, -0.1) is 6.58 Å². The number of amides is 2. The number of carbonyl (C=O) groups is 2. The van der Waals surface area contributed by atoms with E-state index in [1.54, 1.807) is 60.6 Å². The van der Waals surface area contributed by atoms with Gasteiger partial charge in [0.05, 0.1) is 51.4 Å². The highest BCUT2D eigenvalue weighted by molar-refractivity contribution is 6.03. The van der Waals surface area contributed by atoms with Crippen molar-refractivity contribution in [2.45, 2.75) is 166 Å². The Kier molecular flexibility index (Phi) is 23.3. The van der Waals surface area contributed by atoms with Crippen molar-refractivity contribution in [3.8, 4) is 23.0 Å². The highest BCUT2D eigenvalue weighted by Gasteiger charge is 2.66. The number of methoxy groups -OCH3 is 2. The minimum Gasteiger partial charge on any atom is -0.497 e. The molecule has 2 aliphatic carbocycles. The van der Waals surface area contributed by atoms with Gasteiger partial charge in [-0.25, -0.2) is 14.0 Å². The number of carbonyl (C=O) groups excluding carboxylic acids is 2. The number of hydrogen-bond donors (Lipinski definition) is 3. The molecule has 2 fully saturated rings. The van der Waals surface area contributed by atoms with Crippen LogP contribution in [0.5, 0.6) is 23.0 Å². The molecular formula is C61H84FN3O12. The molecule has 15 nitrogen and oxygen atoms in total. The maximum Gasteiger partial charge on any atom is 0.417 e. The summed E-state index contributed by atoms with van der Waals surface area (Å²) in [5.41, 5.74) is 3.24. The van der Waals surface area contributed by atoms with Crippen LogP contribution in [0.2, 0.25) is 0 Å². The van der Waals surface area contributed by atoms with Gasteiger partial charge in [-0.2, -0.15) is 0 Å². The van der Waals surface area contributed by atoms with Crippen molar-refractivity contribution < 1.29 is 62.2 Å². The standard InChI is InChI=1S/C61H84FN3O12/c1-5-7-8-9-10-11-12-13-14-20-37-73-60(69)65(42-43-25-27-45(62)28-26-43)55-41-52(64-77-56-24-17-21-36-72-56)49-38-44(22-15-18-33-66)48(23-16-19-34-67)57-50-39-47(30-32-53(50)76-61(55,58(49)57)74-35-6-2)75-59(68)63-51-31-29-46(70-3)40-54(51)71-4/h6,25-32,38-40,44,48,55-58,66-67H,2,5,7-24,33-37,41-42H2,1,3-4H3,(H,63,68). The van der Waals surface area contributed by atoms with Gasteiger partial charge < -0.3 is 48.2 Å². The summed E-state index contributed by atoms with van der Waals surface area (Å²) in [7, 11) is 3.05. The molecule has 3 aromatic rings. The van der Waals surface area contributed by atoms with E-state index in [0.717, 1.165) is 56.1 Å². The van der Waals surface area contributed by atoms with Gasteiger partial charge in [0.15, 0.2) is 0 Å². The molecule has 0 spiro atoms. The summed E-state index contributed by atoms with van der Waals surface area (Å²) < 4.78 is 58.4. The topological polar surface area (TPSA) is 176 Å². The van der Waals surface area contributed by atoms with E-state index in [9.17, 15) is 19.4 Å². The zero-order valence-electron chi connectivity index (χ0n) is 45.7. The summed E-state index contributed by atoms with van der Waals surface area (Å²) >= 11 is 0. The molecule has 3 N–H and O–H groups in total. The number of unbranched alkanes of at least 4 members (excludes halogenated alkanes) is 11. The number of hydrogen-bond acceptors (Lipinski definition) is 13. The summed E-state index contributed by atoms with van der Waals surface area (Å²) in [4.78, 5) is 36.9. The molecule has 1 saturated carbocycles. The zero-order chi connectivity index (χ0) is 54.4. The van der Waals surface area contributed by atoms with Crippen LogP contribution in [0.15, 0.2) is 90.1 Å². The van der Waals surface area contributed by atoms with Crippen LogP contribution in [0, 0.1) is 23.6 Å². The molecule has 77 heavy (non-hydrogen) atoms. The summed E-state index contributed by atoms with van der Waals surface area (Å²) in [6.07, 6.45) is 20.0. The maximum atomic E-state index is 15.1. The molecule has 2 heterocycles. The van der Waals surface area contributed by atoms with E-state index < -0.39 is 48.0 Å². The van der Waals surface area contributed by atoms with E-state index in [2.05, 4.69) is 24.9 Å². The van der Waals surface area contributed by atoms with Crippen LogP contribution >= 0.6 is 0 Å². The summed E-state index contributed by atoms with van der Waals surface area (Å²) in [5.74, 6) is -1.57. The monoisotopic (exact) mass is 1070 g/mol.